The van der Waals surface area contributed by atoms with Crippen LogP contribution in [0, 0.1) is 0 Å². The van der Waals surface area contributed by atoms with E-state index in [-0.39, 0.29) is 11.1 Å². The molecule has 1 aliphatic heterocycles. The number of ether oxygens (including phenoxy) is 2. The first kappa shape index (κ1) is 21.8. The summed E-state index contributed by atoms with van der Waals surface area (Å²) in [6.45, 7) is 14.2. The molecule has 0 aromatic carbocycles. The Balaban J connectivity index is 1.93. The maximum Gasteiger partial charge on any atom is 0.0478 e. The Labute approximate surface area is 149 Å². The summed E-state index contributed by atoms with van der Waals surface area (Å²) in [5.74, 6) is 0. The molecule has 0 amide bonds. The highest BCUT2D eigenvalue weighted by atomic mass is 16.5. The van der Waals surface area contributed by atoms with Crippen molar-refractivity contribution in [3.8, 4) is 0 Å². The van der Waals surface area contributed by atoms with Crippen LogP contribution in [-0.2, 0) is 9.47 Å². The lowest BCUT2D eigenvalue weighted by molar-refractivity contribution is 0.0994. The molecule has 0 radical (unpaired) electrons. The maximum absolute atomic E-state index is 5.70. The maximum atomic E-state index is 5.70. The van der Waals surface area contributed by atoms with Crippen molar-refractivity contribution in [2.45, 2.75) is 83.3 Å². The second-order valence-electron chi connectivity index (χ2n) is 8.38. The van der Waals surface area contributed by atoms with E-state index in [1.54, 1.807) is 0 Å². The summed E-state index contributed by atoms with van der Waals surface area (Å²) in [5, 5.41) is 7.44. The third-order valence-electron chi connectivity index (χ3n) is 4.41. The predicted molar refractivity (Wildman–Crippen MR) is 101 cm³/mol. The summed E-state index contributed by atoms with van der Waals surface area (Å²) in [6.07, 6.45) is 6.55. The summed E-state index contributed by atoms with van der Waals surface area (Å²) in [4.78, 5) is 0. The Morgan fingerprint density at radius 2 is 1.38 bits per heavy atom. The van der Waals surface area contributed by atoms with Crippen molar-refractivity contribution in [1.82, 2.24) is 10.6 Å². The Bertz CT molecular complexity index is 306. The van der Waals surface area contributed by atoms with E-state index in [4.69, 9.17) is 15.2 Å². The highest BCUT2D eigenvalue weighted by molar-refractivity contribution is 4.99. The van der Waals surface area contributed by atoms with Crippen molar-refractivity contribution in [3.05, 3.63) is 0 Å². The van der Waals surface area contributed by atoms with Gasteiger partial charge in [0, 0.05) is 43.5 Å². The zero-order valence-corrected chi connectivity index (χ0v) is 16.5. The molecule has 1 heterocycles. The molecule has 144 valence electrons. The van der Waals surface area contributed by atoms with Gasteiger partial charge >= 0.3 is 0 Å². The van der Waals surface area contributed by atoms with Crippen LogP contribution in [0.1, 0.15) is 66.2 Å². The number of rotatable bonds is 13. The lowest BCUT2D eigenvalue weighted by Crippen LogP contribution is -2.61. The lowest BCUT2D eigenvalue weighted by atomic mass is 9.79. The van der Waals surface area contributed by atoms with Crippen LogP contribution in [0.2, 0.25) is 0 Å². The van der Waals surface area contributed by atoms with Gasteiger partial charge in [-0.15, -0.1) is 0 Å². The molecule has 0 aromatic rings. The molecule has 0 aromatic heterocycles. The van der Waals surface area contributed by atoms with Gasteiger partial charge in [0.25, 0.3) is 0 Å². The zero-order chi connectivity index (χ0) is 17.9. The minimum absolute atomic E-state index is 0.210. The summed E-state index contributed by atoms with van der Waals surface area (Å²) in [6, 6.07) is 0.599. The van der Waals surface area contributed by atoms with Crippen molar-refractivity contribution in [1.29, 1.82) is 0 Å². The smallest absolute Gasteiger partial charge is 0.0478 e. The van der Waals surface area contributed by atoms with Gasteiger partial charge in [0.1, 0.15) is 0 Å². The molecule has 0 aliphatic carbocycles. The monoisotopic (exact) mass is 343 g/mol. The van der Waals surface area contributed by atoms with Crippen LogP contribution >= 0.6 is 0 Å². The van der Waals surface area contributed by atoms with Crippen LogP contribution in [-0.4, -0.2) is 56.6 Å². The zero-order valence-electron chi connectivity index (χ0n) is 16.5. The van der Waals surface area contributed by atoms with Crippen LogP contribution in [0.5, 0.6) is 0 Å². The molecule has 0 unspecified atom stereocenters. The normalized spacial score (nSPS) is 20.4. The molecule has 0 spiro atoms. The van der Waals surface area contributed by atoms with E-state index in [1.807, 2.05) is 0 Å². The molecular weight excluding hydrogens is 302 g/mol. The number of nitrogens with one attached hydrogen (secondary N) is 2. The highest BCUT2D eigenvalue weighted by Gasteiger charge is 2.37. The highest BCUT2D eigenvalue weighted by Crippen LogP contribution is 2.28. The van der Waals surface area contributed by atoms with E-state index in [1.165, 1.54) is 12.8 Å². The van der Waals surface area contributed by atoms with Crippen molar-refractivity contribution in [2.24, 2.45) is 5.73 Å². The summed E-state index contributed by atoms with van der Waals surface area (Å²) in [5.41, 5.74) is 5.84. The van der Waals surface area contributed by atoms with Crippen LogP contribution in [0.25, 0.3) is 0 Å². The molecule has 4 N–H and O–H groups in total. The molecule has 1 rings (SSSR count). The quantitative estimate of drug-likeness (QED) is 0.448. The summed E-state index contributed by atoms with van der Waals surface area (Å²) < 4.78 is 11.2. The number of piperidine rings is 1. The van der Waals surface area contributed by atoms with Gasteiger partial charge in [-0.05, 0) is 79.3 Å². The first-order valence-electron chi connectivity index (χ1n) is 9.73. The van der Waals surface area contributed by atoms with Crippen LogP contribution in [0.3, 0.4) is 0 Å². The number of nitrogens with two attached hydrogens (primary N) is 1. The molecule has 24 heavy (non-hydrogen) atoms. The minimum atomic E-state index is 0.210. The van der Waals surface area contributed by atoms with E-state index in [0.29, 0.717) is 12.6 Å². The van der Waals surface area contributed by atoms with E-state index in [0.717, 1.165) is 58.7 Å². The molecular formula is C19H41N3O2. The number of unbranched alkanes of at least 4 members (excludes halogenated alkanes) is 1. The Morgan fingerprint density at radius 3 is 1.92 bits per heavy atom. The van der Waals surface area contributed by atoms with E-state index >= 15 is 0 Å². The first-order valence-corrected chi connectivity index (χ1v) is 9.73. The van der Waals surface area contributed by atoms with E-state index in [9.17, 15) is 0 Å². The largest absolute Gasteiger partial charge is 0.381 e. The van der Waals surface area contributed by atoms with Gasteiger partial charge < -0.3 is 25.8 Å². The fraction of sp³-hybridized carbons (Fsp3) is 1.00. The molecule has 5 nitrogen and oxygen atoms in total. The second-order valence-corrected chi connectivity index (χ2v) is 8.38. The SMILES string of the molecule is CC1(C)CC(NCCCOCCCCOCCCN)CC(C)(C)N1. The summed E-state index contributed by atoms with van der Waals surface area (Å²) in [7, 11) is 0. The van der Waals surface area contributed by atoms with Gasteiger partial charge in [-0.2, -0.15) is 0 Å². The third kappa shape index (κ3) is 10.6. The first-order chi connectivity index (χ1) is 11.3. The van der Waals surface area contributed by atoms with Gasteiger partial charge in [-0.3, -0.25) is 0 Å². The minimum Gasteiger partial charge on any atom is -0.381 e. The average Bonchev–Trinajstić information content (AvgIpc) is 2.45. The lowest BCUT2D eigenvalue weighted by Gasteiger charge is -2.46. The standard InChI is InChI=1S/C19H41N3O2/c1-18(2)15-17(16-19(3,4)22-18)21-10-8-14-24-12-6-5-11-23-13-7-9-20/h17,21-22H,5-16,20H2,1-4H3. The van der Waals surface area contributed by atoms with Crippen molar-refractivity contribution >= 4 is 0 Å². The van der Waals surface area contributed by atoms with E-state index in [2.05, 4.69) is 38.3 Å². The van der Waals surface area contributed by atoms with E-state index < -0.39 is 0 Å². The van der Waals surface area contributed by atoms with Crippen LogP contribution < -0.4 is 16.4 Å². The van der Waals surface area contributed by atoms with Crippen molar-refractivity contribution in [2.75, 3.05) is 39.5 Å². The third-order valence-corrected chi connectivity index (χ3v) is 4.41. The van der Waals surface area contributed by atoms with Gasteiger partial charge in [0.2, 0.25) is 0 Å². The molecule has 0 saturated carbocycles. The Morgan fingerprint density at radius 1 is 0.875 bits per heavy atom. The Hall–Kier alpha value is -0.200. The van der Waals surface area contributed by atoms with Gasteiger partial charge in [0.15, 0.2) is 0 Å². The average molecular weight is 344 g/mol. The fourth-order valence-electron chi connectivity index (χ4n) is 3.74. The van der Waals surface area contributed by atoms with Gasteiger partial charge in [0.05, 0.1) is 0 Å². The Kier molecular flexibility index (Phi) is 10.4. The number of hydrogen-bond donors (Lipinski definition) is 3. The molecule has 1 fully saturated rings. The fourth-order valence-corrected chi connectivity index (χ4v) is 3.74. The number of hydrogen-bond acceptors (Lipinski definition) is 5. The van der Waals surface area contributed by atoms with Gasteiger partial charge in [-0.25, -0.2) is 0 Å². The molecule has 1 saturated heterocycles. The molecule has 0 atom stereocenters. The molecule has 5 heteroatoms. The second kappa shape index (κ2) is 11.4. The van der Waals surface area contributed by atoms with Crippen molar-refractivity contribution < 1.29 is 9.47 Å². The van der Waals surface area contributed by atoms with Gasteiger partial charge in [-0.1, -0.05) is 0 Å². The molecule has 0 bridgehead atoms. The topological polar surface area (TPSA) is 68.5 Å². The van der Waals surface area contributed by atoms with Crippen LogP contribution in [0.15, 0.2) is 0 Å². The predicted octanol–water partition coefficient (Wildman–Crippen LogP) is 2.44. The molecule has 1 aliphatic rings. The van der Waals surface area contributed by atoms with Crippen LogP contribution in [0.4, 0.5) is 0 Å². The summed E-state index contributed by atoms with van der Waals surface area (Å²) >= 11 is 0. The van der Waals surface area contributed by atoms with Crippen molar-refractivity contribution in [3.63, 3.8) is 0 Å².